The highest BCUT2D eigenvalue weighted by molar-refractivity contribution is 5.99. The van der Waals surface area contributed by atoms with Gasteiger partial charge in [0.05, 0.1) is 10.5 Å². The summed E-state index contributed by atoms with van der Waals surface area (Å²) in [6, 6.07) is 4.74. The topological polar surface area (TPSA) is 153 Å². The summed E-state index contributed by atoms with van der Waals surface area (Å²) in [4.78, 5) is 46.6. The zero-order valence-corrected chi connectivity index (χ0v) is 11.8. The third kappa shape index (κ3) is 3.81. The van der Waals surface area contributed by atoms with Crippen molar-refractivity contribution in [2.45, 2.75) is 6.54 Å². The maximum Gasteiger partial charge on any atom is 0.328 e. The molecule has 1 aromatic carbocycles. The number of benzene rings is 1. The zero-order valence-electron chi connectivity index (χ0n) is 11.8. The Labute approximate surface area is 128 Å². The van der Waals surface area contributed by atoms with Crippen LogP contribution < -0.4 is 22.3 Å². The van der Waals surface area contributed by atoms with E-state index in [0.717, 1.165) is 6.07 Å². The molecule has 1 amide bonds. The van der Waals surface area contributed by atoms with Crippen molar-refractivity contribution >= 4 is 17.3 Å². The second kappa shape index (κ2) is 6.56. The number of hydrogen-bond acceptors (Lipinski definition) is 6. The number of hydrogen-bond donors (Lipinski definition) is 3. The van der Waals surface area contributed by atoms with E-state index in [1.54, 1.807) is 0 Å². The first-order valence-electron chi connectivity index (χ1n) is 6.50. The minimum absolute atomic E-state index is 0.0204. The van der Waals surface area contributed by atoms with Crippen molar-refractivity contribution in [3.05, 3.63) is 67.0 Å². The van der Waals surface area contributed by atoms with Gasteiger partial charge in [0.2, 0.25) is 0 Å². The second-order valence-electron chi connectivity index (χ2n) is 4.59. The van der Waals surface area contributed by atoms with E-state index < -0.39 is 22.1 Å². The van der Waals surface area contributed by atoms with Crippen molar-refractivity contribution in [3.8, 4) is 0 Å². The van der Waals surface area contributed by atoms with Gasteiger partial charge in [0.25, 0.3) is 17.2 Å². The lowest BCUT2D eigenvalue weighted by Gasteiger charge is -2.08. The summed E-state index contributed by atoms with van der Waals surface area (Å²) in [5, 5.41) is 13.2. The van der Waals surface area contributed by atoms with Gasteiger partial charge in [-0.05, 0) is 6.07 Å². The molecule has 0 saturated heterocycles. The SMILES string of the molecule is Nc1ccc([N+](=O)[O-])cc1C(=O)NCCn1ccc(=O)[nH]c1=O. The molecule has 1 aromatic heterocycles. The third-order valence-electron chi connectivity index (χ3n) is 3.03. The maximum atomic E-state index is 12.0. The molecule has 0 aliphatic rings. The molecule has 2 rings (SSSR count). The summed E-state index contributed by atoms with van der Waals surface area (Å²) in [5.74, 6) is -0.594. The van der Waals surface area contributed by atoms with Gasteiger partial charge in [0, 0.05) is 43.2 Å². The Morgan fingerprint density at radius 2 is 2.09 bits per heavy atom. The number of carbonyl (C=O) groups excluding carboxylic acids is 1. The highest BCUT2D eigenvalue weighted by Gasteiger charge is 2.14. The van der Waals surface area contributed by atoms with E-state index in [2.05, 4.69) is 10.3 Å². The molecule has 0 radical (unpaired) electrons. The minimum Gasteiger partial charge on any atom is -0.398 e. The Kier molecular flexibility index (Phi) is 4.55. The minimum atomic E-state index is -0.629. The largest absolute Gasteiger partial charge is 0.398 e. The van der Waals surface area contributed by atoms with E-state index in [1.165, 1.54) is 29.0 Å². The van der Waals surface area contributed by atoms with Crippen molar-refractivity contribution in [2.24, 2.45) is 0 Å². The van der Waals surface area contributed by atoms with Crippen LogP contribution in [0.3, 0.4) is 0 Å². The zero-order chi connectivity index (χ0) is 17.0. The number of H-pyrrole nitrogens is 1. The van der Waals surface area contributed by atoms with Crippen LogP contribution in [0.5, 0.6) is 0 Å². The van der Waals surface area contributed by atoms with Crippen LogP contribution in [0.2, 0.25) is 0 Å². The number of aromatic amines is 1. The highest BCUT2D eigenvalue weighted by atomic mass is 16.6. The second-order valence-corrected chi connectivity index (χ2v) is 4.59. The smallest absolute Gasteiger partial charge is 0.328 e. The average Bonchev–Trinajstić information content (AvgIpc) is 2.49. The summed E-state index contributed by atoms with van der Waals surface area (Å²) in [6.45, 7) is 0.198. The summed E-state index contributed by atoms with van der Waals surface area (Å²) >= 11 is 0. The van der Waals surface area contributed by atoms with Crippen molar-refractivity contribution in [1.82, 2.24) is 14.9 Å². The normalized spacial score (nSPS) is 10.3. The van der Waals surface area contributed by atoms with Crippen LogP contribution in [-0.2, 0) is 6.54 Å². The Bertz CT molecular complexity index is 870. The lowest BCUT2D eigenvalue weighted by Crippen LogP contribution is -2.34. The molecule has 2 aromatic rings. The molecule has 0 spiro atoms. The Morgan fingerprint density at radius 3 is 2.74 bits per heavy atom. The van der Waals surface area contributed by atoms with Crippen molar-refractivity contribution < 1.29 is 9.72 Å². The first-order valence-corrected chi connectivity index (χ1v) is 6.50. The van der Waals surface area contributed by atoms with Gasteiger partial charge >= 0.3 is 5.69 Å². The molecule has 0 aliphatic carbocycles. The molecular formula is C13H13N5O5. The number of nitrogens with one attached hydrogen (secondary N) is 2. The fourth-order valence-electron chi connectivity index (χ4n) is 1.86. The van der Waals surface area contributed by atoms with E-state index in [4.69, 9.17) is 5.73 Å². The van der Waals surface area contributed by atoms with Crippen LogP contribution >= 0.6 is 0 Å². The standard InChI is InChI=1S/C13H13N5O5/c14-10-2-1-8(18(22)23)7-9(10)12(20)15-4-6-17-5-3-11(19)16-13(17)21/h1-3,5,7H,4,6,14H2,(H,15,20)(H,16,19,21). The lowest BCUT2D eigenvalue weighted by molar-refractivity contribution is -0.384. The number of non-ortho nitro benzene ring substituents is 1. The molecule has 23 heavy (non-hydrogen) atoms. The number of aromatic nitrogens is 2. The van der Waals surface area contributed by atoms with E-state index in [0.29, 0.717) is 0 Å². The van der Waals surface area contributed by atoms with E-state index in [1.807, 2.05) is 0 Å². The van der Waals surface area contributed by atoms with Crippen LogP contribution in [0.25, 0.3) is 0 Å². The Hall–Kier alpha value is -3.43. The van der Waals surface area contributed by atoms with Crippen LogP contribution in [0.1, 0.15) is 10.4 Å². The number of anilines is 1. The molecule has 0 unspecified atom stereocenters. The third-order valence-corrected chi connectivity index (χ3v) is 3.03. The molecule has 120 valence electrons. The van der Waals surface area contributed by atoms with Gasteiger partial charge in [0.1, 0.15) is 0 Å². The molecule has 10 heteroatoms. The highest BCUT2D eigenvalue weighted by Crippen LogP contribution is 2.19. The number of nitrogens with zero attached hydrogens (tertiary/aromatic N) is 2. The molecule has 0 atom stereocenters. The first-order chi connectivity index (χ1) is 10.9. The van der Waals surface area contributed by atoms with Crippen LogP contribution in [0, 0.1) is 10.1 Å². The van der Waals surface area contributed by atoms with Crippen molar-refractivity contribution in [1.29, 1.82) is 0 Å². The number of rotatable bonds is 5. The predicted octanol–water partition coefficient (Wildman–Crippen LogP) is -0.543. The molecule has 4 N–H and O–H groups in total. The van der Waals surface area contributed by atoms with Crippen molar-refractivity contribution in [3.63, 3.8) is 0 Å². The molecular weight excluding hydrogens is 306 g/mol. The van der Waals surface area contributed by atoms with Gasteiger partial charge in [-0.15, -0.1) is 0 Å². The van der Waals surface area contributed by atoms with Gasteiger partial charge in [-0.25, -0.2) is 4.79 Å². The van der Waals surface area contributed by atoms with Crippen LogP contribution in [0.15, 0.2) is 40.1 Å². The summed E-state index contributed by atoms with van der Waals surface area (Å²) in [5.41, 5.74) is 4.36. The van der Waals surface area contributed by atoms with E-state index in [9.17, 15) is 24.5 Å². The van der Waals surface area contributed by atoms with Crippen molar-refractivity contribution in [2.75, 3.05) is 12.3 Å². The molecule has 0 aliphatic heterocycles. The lowest BCUT2D eigenvalue weighted by atomic mass is 10.1. The number of carbonyl (C=O) groups is 1. The number of nitrogen functional groups attached to an aromatic ring is 1. The molecule has 1 heterocycles. The quantitative estimate of drug-likeness (QED) is 0.382. The van der Waals surface area contributed by atoms with Crippen LogP contribution in [0.4, 0.5) is 11.4 Å². The average molecular weight is 319 g/mol. The molecule has 10 nitrogen and oxygen atoms in total. The van der Waals surface area contributed by atoms with Gasteiger partial charge in [-0.3, -0.25) is 29.3 Å². The van der Waals surface area contributed by atoms with E-state index in [-0.39, 0.29) is 30.0 Å². The first kappa shape index (κ1) is 15.9. The van der Waals surface area contributed by atoms with E-state index >= 15 is 0 Å². The molecule has 0 fully saturated rings. The number of amides is 1. The number of nitro benzene ring substituents is 1. The van der Waals surface area contributed by atoms with Crippen LogP contribution in [-0.4, -0.2) is 26.9 Å². The predicted molar refractivity (Wildman–Crippen MR) is 81.2 cm³/mol. The van der Waals surface area contributed by atoms with Gasteiger partial charge in [0.15, 0.2) is 0 Å². The van der Waals surface area contributed by atoms with Gasteiger partial charge in [-0.2, -0.15) is 0 Å². The fraction of sp³-hybridized carbons (Fsp3) is 0.154. The summed E-state index contributed by atoms with van der Waals surface area (Å²) in [7, 11) is 0. The number of nitrogens with two attached hydrogens (primary N) is 1. The van der Waals surface area contributed by atoms with Gasteiger partial charge in [-0.1, -0.05) is 0 Å². The Balaban J connectivity index is 2.05. The molecule has 0 bridgehead atoms. The Morgan fingerprint density at radius 1 is 1.35 bits per heavy atom. The summed E-state index contributed by atoms with van der Waals surface area (Å²) < 4.78 is 1.21. The summed E-state index contributed by atoms with van der Waals surface area (Å²) in [6.07, 6.45) is 1.30. The number of nitro groups is 1. The van der Waals surface area contributed by atoms with Gasteiger partial charge < -0.3 is 11.1 Å². The monoisotopic (exact) mass is 319 g/mol. The fourth-order valence-corrected chi connectivity index (χ4v) is 1.86. The molecule has 0 saturated carbocycles. The maximum absolute atomic E-state index is 12.0.